The minimum Gasteiger partial charge on any atom is -0.391 e. The Labute approximate surface area is 92.1 Å². The highest BCUT2D eigenvalue weighted by atomic mass is 32.2. The Morgan fingerprint density at radius 2 is 1.87 bits per heavy atom. The van der Waals surface area contributed by atoms with Gasteiger partial charge in [-0.25, -0.2) is 13.1 Å². The normalized spacial score (nSPS) is 21.1. The van der Waals surface area contributed by atoms with Crippen LogP contribution in [0.5, 0.6) is 0 Å². The average Bonchev–Trinajstić information content (AvgIpc) is 2.67. The van der Waals surface area contributed by atoms with Crippen molar-refractivity contribution in [2.45, 2.75) is 50.9 Å². The maximum atomic E-state index is 11.7. The number of nitrogens with one attached hydrogen (secondary N) is 1. The van der Waals surface area contributed by atoms with Gasteiger partial charge in [0.2, 0.25) is 10.0 Å². The van der Waals surface area contributed by atoms with E-state index in [1.165, 1.54) is 0 Å². The Morgan fingerprint density at radius 1 is 1.33 bits per heavy atom. The maximum absolute atomic E-state index is 11.7. The molecule has 5 heteroatoms. The number of aliphatic hydroxyl groups excluding tert-OH is 1. The fraction of sp³-hybridized carbons (Fsp3) is 1.00. The fourth-order valence-corrected chi connectivity index (χ4v) is 3.35. The van der Waals surface area contributed by atoms with E-state index in [4.69, 9.17) is 0 Å². The van der Waals surface area contributed by atoms with Gasteiger partial charge < -0.3 is 5.11 Å². The zero-order valence-corrected chi connectivity index (χ0v) is 10.3. The summed E-state index contributed by atoms with van der Waals surface area (Å²) in [4.78, 5) is 0. The summed E-state index contributed by atoms with van der Waals surface area (Å²) in [5, 5.41) is 9.27. The molecule has 0 spiro atoms. The van der Waals surface area contributed by atoms with Crippen molar-refractivity contribution in [1.82, 2.24) is 4.72 Å². The zero-order chi connectivity index (χ0) is 11.5. The van der Waals surface area contributed by atoms with E-state index in [1.807, 2.05) is 13.8 Å². The van der Waals surface area contributed by atoms with Gasteiger partial charge in [0.1, 0.15) is 0 Å². The first-order chi connectivity index (χ1) is 6.93. The molecule has 1 atom stereocenters. The smallest absolute Gasteiger partial charge is 0.214 e. The van der Waals surface area contributed by atoms with Gasteiger partial charge in [0.25, 0.3) is 0 Å². The molecule has 0 radical (unpaired) electrons. The lowest BCUT2D eigenvalue weighted by Gasteiger charge is -2.17. The van der Waals surface area contributed by atoms with Gasteiger partial charge >= 0.3 is 0 Å². The van der Waals surface area contributed by atoms with Gasteiger partial charge in [-0.05, 0) is 18.8 Å². The summed E-state index contributed by atoms with van der Waals surface area (Å²) in [7, 11) is -3.20. The second kappa shape index (κ2) is 5.27. The van der Waals surface area contributed by atoms with Gasteiger partial charge in [-0.2, -0.15) is 0 Å². The molecular formula is C10H21NO3S. The summed E-state index contributed by atoms with van der Waals surface area (Å²) in [5.41, 5.74) is 0. The molecule has 0 saturated heterocycles. The molecule has 0 aromatic rings. The average molecular weight is 235 g/mol. The Hall–Kier alpha value is -0.130. The molecule has 90 valence electrons. The number of sulfonamides is 1. The van der Waals surface area contributed by atoms with E-state index in [2.05, 4.69) is 4.72 Å². The van der Waals surface area contributed by atoms with Gasteiger partial charge in [-0.3, -0.25) is 0 Å². The third-order valence-electron chi connectivity index (χ3n) is 3.00. The van der Waals surface area contributed by atoms with Crippen LogP contribution in [0.2, 0.25) is 0 Å². The number of rotatable bonds is 5. The molecule has 0 aromatic carbocycles. The maximum Gasteiger partial charge on any atom is 0.214 e. The van der Waals surface area contributed by atoms with Gasteiger partial charge in [0.05, 0.1) is 11.4 Å². The number of aliphatic hydroxyl groups is 1. The molecule has 1 unspecified atom stereocenters. The predicted octanol–water partition coefficient (Wildman–Crippen LogP) is 0.865. The fourth-order valence-electron chi connectivity index (χ4n) is 1.75. The Balaban J connectivity index is 2.42. The van der Waals surface area contributed by atoms with Crippen LogP contribution in [-0.4, -0.2) is 31.4 Å². The molecule has 1 aliphatic rings. The van der Waals surface area contributed by atoms with Gasteiger partial charge in [-0.1, -0.05) is 26.7 Å². The van der Waals surface area contributed by atoms with E-state index in [-0.39, 0.29) is 17.7 Å². The third-order valence-corrected chi connectivity index (χ3v) is 4.92. The summed E-state index contributed by atoms with van der Waals surface area (Å²) in [5.74, 6) is 0.0799. The molecule has 1 saturated carbocycles. The molecule has 2 N–H and O–H groups in total. The summed E-state index contributed by atoms with van der Waals surface area (Å²) in [6.45, 7) is 3.87. The topological polar surface area (TPSA) is 66.4 Å². The minimum absolute atomic E-state index is 0.0799. The Morgan fingerprint density at radius 3 is 2.33 bits per heavy atom. The third kappa shape index (κ3) is 3.74. The minimum atomic E-state index is -3.20. The van der Waals surface area contributed by atoms with Crippen molar-refractivity contribution >= 4 is 10.0 Å². The van der Waals surface area contributed by atoms with Crippen LogP contribution < -0.4 is 4.72 Å². The van der Waals surface area contributed by atoms with E-state index in [9.17, 15) is 13.5 Å². The van der Waals surface area contributed by atoms with E-state index >= 15 is 0 Å². The van der Waals surface area contributed by atoms with Gasteiger partial charge in [0, 0.05) is 6.54 Å². The SMILES string of the molecule is CC(C)C(O)CNS(=O)(=O)C1CCCC1. The van der Waals surface area contributed by atoms with Crippen molar-refractivity contribution in [2.75, 3.05) is 6.54 Å². The highest BCUT2D eigenvalue weighted by molar-refractivity contribution is 7.90. The van der Waals surface area contributed by atoms with Crippen molar-refractivity contribution in [3.05, 3.63) is 0 Å². The Bertz CT molecular complexity index is 281. The quantitative estimate of drug-likeness (QED) is 0.743. The van der Waals surface area contributed by atoms with Crippen LogP contribution in [0.25, 0.3) is 0 Å². The van der Waals surface area contributed by atoms with Crippen molar-refractivity contribution in [3.63, 3.8) is 0 Å². The first kappa shape index (κ1) is 12.9. The lowest BCUT2D eigenvalue weighted by Crippen LogP contribution is -2.39. The molecular weight excluding hydrogens is 214 g/mol. The second-order valence-corrected chi connectivity index (χ2v) is 6.66. The molecule has 4 nitrogen and oxygen atoms in total. The predicted molar refractivity (Wildman–Crippen MR) is 60.0 cm³/mol. The molecule has 0 aliphatic heterocycles. The van der Waals surface area contributed by atoms with Crippen molar-refractivity contribution in [3.8, 4) is 0 Å². The van der Waals surface area contributed by atoms with Crippen molar-refractivity contribution in [2.24, 2.45) is 5.92 Å². The van der Waals surface area contributed by atoms with Gasteiger partial charge in [0.15, 0.2) is 0 Å². The summed E-state index contributed by atoms with van der Waals surface area (Å²) >= 11 is 0. The summed E-state index contributed by atoms with van der Waals surface area (Å²) < 4.78 is 26.0. The molecule has 0 amide bonds. The summed E-state index contributed by atoms with van der Waals surface area (Å²) in [6, 6.07) is 0. The molecule has 1 aliphatic carbocycles. The first-order valence-electron chi connectivity index (χ1n) is 5.60. The second-order valence-electron chi connectivity index (χ2n) is 4.61. The van der Waals surface area contributed by atoms with Crippen LogP contribution in [0.4, 0.5) is 0 Å². The molecule has 0 bridgehead atoms. The zero-order valence-electron chi connectivity index (χ0n) is 9.44. The van der Waals surface area contributed by atoms with Crippen LogP contribution >= 0.6 is 0 Å². The monoisotopic (exact) mass is 235 g/mol. The lowest BCUT2D eigenvalue weighted by molar-refractivity contribution is 0.129. The largest absolute Gasteiger partial charge is 0.391 e. The number of hydrogen-bond acceptors (Lipinski definition) is 3. The summed E-state index contributed by atoms with van der Waals surface area (Å²) in [6.07, 6.45) is 2.91. The van der Waals surface area contributed by atoms with E-state index in [1.54, 1.807) is 0 Å². The van der Waals surface area contributed by atoms with Crippen LogP contribution in [0.3, 0.4) is 0 Å². The standard InChI is InChI=1S/C10H21NO3S/c1-8(2)10(12)7-11-15(13,14)9-5-3-4-6-9/h8-12H,3-7H2,1-2H3. The van der Waals surface area contributed by atoms with E-state index < -0.39 is 16.1 Å². The molecule has 0 aromatic heterocycles. The molecule has 1 fully saturated rings. The van der Waals surface area contributed by atoms with Crippen LogP contribution in [0, 0.1) is 5.92 Å². The first-order valence-corrected chi connectivity index (χ1v) is 7.14. The van der Waals surface area contributed by atoms with E-state index in [0.29, 0.717) is 0 Å². The van der Waals surface area contributed by atoms with Crippen LogP contribution in [0.15, 0.2) is 0 Å². The molecule has 15 heavy (non-hydrogen) atoms. The highest BCUT2D eigenvalue weighted by Gasteiger charge is 2.28. The van der Waals surface area contributed by atoms with E-state index in [0.717, 1.165) is 25.7 Å². The highest BCUT2D eigenvalue weighted by Crippen LogP contribution is 2.23. The number of hydrogen-bond donors (Lipinski definition) is 2. The molecule has 1 rings (SSSR count). The van der Waals surface area contributed by atoms with Crippen LogP contribution in [-0.2, 0) is 10.0 Å². The molecule has 0 heterocycles. The Kier molecular flexibility index (Phi) is 4.55. The van der Waals surface area contributed by atoms with Gasteiger partial charge in [-0.15, -0.1) is 0 Å². The lowest BCUT2D eigenvalue weighted by atomic mass is 10.1. The van der Waals surface area contributed by atoms with Crippen molar-refractivity contribution < 1.29 is 13.5 Å². The van der Waals surface area contributed by atoms with Crippen molar-refractivity contribution in [1.29, 1.82) is 0 Å². The van der Waals surface area contributed by atoms with Crippen LogP contribution in [0.1, 0.15) is 39.5 Å².